The predicted molar refractivity (Wildman–Crippen MR) is 105 cm³/mol. The summed E-state index contributed by atoms with van der Waals surface area (Å²) in [5, 5.41) is 0.682. The summed E-state index contributed by atoms with van der Waals surface area (Å²) in [5.41, 5.74) is 2.14. The number of nitrogens with zero attached hydrogens (tertiary/aromatic N) is 4. The lowest BCUT2D eigenvalue weighted by atomic mass is 10.2. The van der Waals surface area contributed by atoms with Crippen LogP contribution in [0.15, 0.2) is 63.4 Å². The topological polar surface area (TPSA) is 96.6 Å². The zero-order valence-electron chi connectivity index (χ0n) is 16.3. The van der Waals surface area contributed by atoms with Gasteiger partial charge < -0.3 is 9.32 Å². The molecule has 1 amide bonds. The van der Waals surface area contributed by atoms with Gasteiger partial charge in [0.05, 0.1) is 16.7 Å². The number of hydrogen-bond donors (Lipinski definition) is 0. The van der Waals surface area contributed by atoms with Gasteiger partial charge in [-0.05, 0) is 35.4 Å². The molecule has 0 bridgehead atoms. The van der Waals surface area contributed by atoms with E-state index >= 15 is 0 Å². The van der Waals surface area contributed by atoms with Gasteiger partial charge in [0.15, 0.2) is 0 Å². The highest BCUT2D eigenvalue weighted by molar-refractivity contribution is 7.89. The van der Waals surface area contributed by atoms with Crippen LogP contribution in [0.5, 0.6) is 0 Å². The molecular formula is C20H15F3N4O4S. The van der Waals surface area contributed by atoms with E-state index < -0.39 is 27.9 Å². The highest BCUT2D eigenvalue weighted by Gasteiger charge is 2.38. The Kier molecular flexibility index (Phi) is 4.60. The van der Waals surface area contributed by atoms with Crippen molar-refractivity contribution in [3.05, 3.63) is 65.5 Å². The van der Waals surface area contributed by atoms with E-state index in [4.69, 9.17) is 4.42 Å². The molecule has 32 heavy (non-hydrogen) atoms. The number of amides is 1. The molecule has 0 atom stereocenters. The summed E-state index contributed by atoms with van der Waals surface area (Å²) in [6.07, 6.45) is -1.50. The van der Waals surface area contributed by atoms with Gasteiger partial charge in [0, 0.05) is 44.0 Å². The normalized spacial score (nSPS) is 17.4. The van der Waals surface area contributed by atoms with Gasteiger partial charge in [0.1, 0.15) is 5.58 Å². The van der Waals surface area contributed by atoms with Gasteiger partial charge in [0.25, 0.3) is 5.91 Å². The van der Waals surface area contributed by atoms with E-state index in [1.807, 2.05) is 0 Å². The number of halogens is 3. The quantitative estimate of drug-likeness (QED) is 0.553. The molecule has 0 unspecified atom stereocenters. The average Bonchev–Trinajstić information content (AvgIpc) is 3.46. The van der Waals surface area contributed by atoms with Crippen molar-refractivity contribution in [2.24, 2.45) is 0 Å². The highest BCUT2D eigenvalue weighted by Crippen LogP contribution is 2.32. The van der Waals surface area contributed by atoms with E-state index in [0.717, 1.165) is 23.5 Å². The first-order chi connectivity index (χ1) is 15.1. The number of furan rings is 1. The van der Waals surface area contributed by atoms with Crippen LogP contribution in [0.4, 0.5) is 13.2 Å². The van der Waals surface area contributed by atoms with Crippen LogP contribution in [0.1, 0.15) is 16.2 Å². The number of benzene rings is 1. The first-order valence-electron chi connectivity index (χ1n) is 9.48. The number of rotatable bonds is 3. The van der Waals surface area contributed by atoms with Crippen molar-refractivity contribution < 1.29 is 30.8 Å². The van der Waals surface area contributed by atoms with Crippen LogP contribution in [0.25, 0.3) is 11.0 Å². The summed E-state index contributed by atoms with van der Waals surface area (Å²) < 4.78 is 70.5. The fraction of sp³-hybridized carbons (Fsp3) is 0.250. The Bertz CT molecular complexity index is 1350. The van der Waals surface area contributed by atoms with Crippen molar-refractivity contribution in [3.63, 3.8) is 0 Å². The number of carbonyl (C=O) groups is 1. The Morgan fingerprint density at radius 2 is 1.66 bits per heavy atom. The monoisotopic (exact) mass is 464 g/mol. The zero-order chi connectivity index (χ0) is 22.7. The summed E-state index contributed by atoms with van der Waals surface area (Å²) in [5.74, 6) is -1.82. The van der Waals surface area contributed by atoms with E-state index in [1.165, 1.54) is 21.5 Å². The number of carbonyl (C=O) groups excluding carboxylic acids is 1. The van der Waals surface area contributed by atoms with E-state index in [2.05, 4.69) is 9.97 Å². The van der Waals surface area contributed by atoms with Crippen LogP contribution in [-0.4, -0.2) is 59.7 Å². The van der Waals surface area contributed by atoms with Gasteiger partial charge in [-0.15, -0.1) is 0 Å². The number of alkyl halides is 3. The first kappa shape index (κ1) is 20.6. The largest absolute Gasteiger partial charge is 0.464 e. The molecule has 166 valence electrons. The van der Waals surface area contributed by atoms with E-state index in [0.29, 0.717) is 11.0 Å². The average molecular weight is 464 g/mol. The van der Waals surface area contributed by atoms with E-state index in [-0.39, 0.29) is 36.6 Å². The van der Waals surface area contributed by atoms with Gasteiger partial charge in [0.2, 0.25) is 15.8 Å². The molecule has 3 aromatic rings. The maximum Gasteiger partial charge on any atom is 0.451 e. The van der Waals surface area contributed by atoms with Crippen molar-refractivity contribution in [1.82, 2.24) is 19.2 Å². The predicted octanol–water partition coefficient (Wildman–Crippen LogP) is 2.70. The van der Waals surface area contributed by atoms with Crippen molar-refractivity contribution in [2.45, 2.75) is 11.1 Å². The number of aromatic nitrogens is 2. The molecular weight excluding hydrogens is 449 g/mol. The molecule has 8 nitrogen and oxygen atoms in total. The van der Waals surface area contributed by atoms with Gasteiger partial charge >= 0.3 is 6.18 Å². The molecule has 1 aromatic carbocycles. The van der Waals surface area contributed by atoms with E-state index in [1.54, 1.807) is 18.2 Å². The zero-order valence-corrected chi connectivity index (χ0v) is 17.2. The van der Waals surface area contributed by atoms with Crippen molar-refractivity contribution >= 4 is 26.9 Å². The third-order valence-corrected chi connectivity index (χ3v) is 7.29. The Morgan fingerprint density at radius 1 is 1.00 bits per heavy atom. The molecule has 0 radical (unpaired) electrons. The second kappa shape index (κ2) is 7.14. The molecule has 0 aliphatic carbocycles. The summed E-state index contributed by atoms with van der Waals surface area (Å²) >= 11 is 0. The second-order valence-electron chi connectivity index (χ2n) is 7.55. The SMILES string of the molecule is O=C(c1cnc(C(F)(F)F)nc1)N1CC2=C(C1)CN(S(=O)(=O)c1ccc3occc3c1)C2. The standard InChI is InChI=1S/C20H15F3N4O4S/c21-20(22,23)19-24-6-13(7-25-19)18(28)26-8-14-10-27(11-15(14)9-26)32(29,30)16-1-2-17-12(5-16)3-4-31-17/h1-7H,8-11H2. The summed E-state index contributed by atoms with van der Waals surface area (Å²) in [6, 6.07) is 6.33. The molecule has 5 rings (SSSR count). The van der Waals surface area contributed by atoms with Gasteiger partial charge in [-0.3, -0.25) is 4.79 Å². The minimum absolute atomic E-state index is 0.0583. The Morgan fingerprint density at radius 3 is 2.28 bits per heavy atom. The van der Waals surface area contributed by atoms with Crippen LogP contribution in [0, 0.1) is 0 Å². The maximum absolute atomic E-state index is 13.1. The molecule has 2 aromatic heterocycles. The van der Waals surface area contributed by atoms with Gasteiger partial charge in [-0.25, -0.2) is 18.4 Å². The molecule has 2 aliphatic heterocycles. The Labute approximate surface area is 180 Å². The van der Waals surface area contributed by atoms with Crippen LogP contribution in [-0.2, 0) is 16.2 Å². The van der Waals surface area contributed by atoms with Gasteiger partial charge in [-0.2, -0.15) is 17.5 Å². The van der Waals surface area contributed by atoms with Crippen molar-refractivity contribution in [1.29, 1.82) is 0 Å². The van der Waals surface area contributed by atoms with Crippen molar-refractivity contribution in [3.8, 4) is 0 Å². The molecule has 0 N–H and O–H groups in total. The Hall–Kier alpha value is -3.25. The number of sulfonamides is 1. The molecule has 0 saturated carbocycles. The molecule has 0 spiro atoms. The summed E-state index contributed by atoms with van der Waals surface area (Å²) in [6.45, 7) is 0.687. The smallest absolute Gasteiger partial charge is 0.451 e. The highest BCUT2D eigenvalue weighted by atomic mass is 32.2. The van der Waals surface area contributed by atoms with Crippen LogP contribution in [0.2, 0.25) is 0 Å². The van der Waals surface area contributed by atoms with E-state index in [9.17, 15) is 26.4 Å². The van der Waals surface area contributed by atoms with Crippen LogP contribution in [0.3, 0.4) is 0 Å². The molecule has 12 heteroatoms. The Balaban J connectivity index is 1.27. The minimum atomic E-state index is -4.69. The lowest BCUT2D eigenvalue weighted by molar-refractivity contribution is -0.145. The molecule has 0 fully saturated rings. The van der Waals surface area contributed by atoms with Crippen LogP contribution >= 0.6 is 0 Å². The fourth-order valence-corrected chi connectivity index (χ4v) is 5.35. The van der Waals surface area contributed by atoms with Crippen LogP contribution < -0.4 is 0 Å². The fourth-order valence-electron chi connectivity index (χ4n) is 3.88. The second-order valence-corrected chi connectivity index (χ2v) is 9.49. The lowest BCUT2D eigenvalue weighted by Crippen LogP contribution is -2.36. The summed E-state index contributed by atoms with van der Waals surface area (Å²) in [4.78, 5) is 20.7. The third-order valence-electron chi connectivity index (χ3n) is 5.50. The molecule has 4 heterocycles. The maximum atomic E-state index is 13.1. The number of fused-ring (bicyclic) bond motifs is 1. The van der Waals surface area contributed by atoms with Gasteiger partial charge in [-0.1, -0.05) is 0 Å². The lowest BCUT2D eigenvalue weighted by Gasteiger charge is -2.22. The number of hydrogen-bond acceptors (Lipinski definition) is 6. The minimum Gasteiger partial charge on any atom is -0.464 e. The summed E-state index contributed by atoms with van der Waals surface area (Å²) in [7, 11) is -3.74. The molecule has 2 aliphatic rings. The molecule has 0 saturated heterocycles. The third kappa shape index (κ3) is 3.45. The first-order valence-corrected chi connectivity index (χ1v) is 10.9. The van der Waals surface area contributed by atoms with Crippen molar-refractivity contribution in [2.75, 3.05) is 26.2 Å².